The van der Waals surface area contributed by atoms with Crippen LogP contribution in [0.4, 0.5) is 5.69 Å². The van der Waals surface area contributed by atoms with Crippen LogP contribution in [-0.2, 0) is 11.2 Å². The van der Waals surface area contributed by atoms with Crippen molar-refractivity contribution in [2.75, 3.05) is 5.01 Å². The molecule has 6 heteroatoms. The van der Waals surface area contributed by atoms with Gasteiger partial charge in [-0.05, 0) is 40.8 Å². The Kier molecular flexibility index (Phi) is 3.57. The Morgan fingerprint density at radius 1 is 0.960 bits per heavy atom. The van der Waals surface area contributed by atoms with Gasteiger partial charge < -0.3 is 4.57 Å². The third kappa shape index (κ3) is 2.57. The standard InChI is InChI=1S/C19H15N3O3/c23-19-18(20-10-4-5-11-20)16-13-15(12-14-6-2-1-3-7-14)8-9-17(16)21(19)22(24)25/h1-11,13,18H,12H2. The van der Waals surface area contributed by atoms with Crippen molar-refractivity contribution in [3.8, 4) is 0 Å². The van der Waals surface area contributed by atoms with E-state index in [9.17, 15) is 14.9 Å². The van der Waals surface area contributed by atoms with Crippen molar-refractivity contribution >= 4 is 11.6 Å². The Labute approximate surface area is 144 Å². The average molecular weight is 333 g/mol. The number of aromatic nitrogens is 1. The fourth-order valence-electron chi connectivity index (χ4n) is 3.30. The van der Waals surface area contributed by atoms with Crippen molar-refractivity contribution in [3.05, 3.63) is 99.9 Å². The lowest BCUT2D eigenvalue weighted by atomic mass is 10.00. The second kappa shape index (κ2) is 5.90. The minimum Gasteiger partial charge on any atom is -0.338 e. The molecule has 3 aromatic rings. The van der Waals surface area contributed by atoms with E-state index in [4.69, 9.17) is 0 Å². The molecular formula is C19H15N3O3. The van der Waals surface area contributed by atoms with Crippen molar-refractivity contribution < 1.29 is 9.83 Å². The van der Waals surface area contributed by atoms with Crippen molar-refractivity contribution in [2.24, 2.45) is 0 Å². The summed E-state index contributed by atoms with van der Waals surface area (Å²) < 4.78 is 1.71. The monoisotopic (exact) mass is 333 g/mol. The van der Waals surface area contributed by atoms with Gasteiger partial charge in [0.15, 0.2) is 5.03 Å². The number of rotatable bonds is 4. The van der Waals surface area contributed by atoms with Crippen LogP contribution >= 0.6 is 0 Å². The maximum absolute atomic E-state index is 12.6. The lowest BCUT2D eigenvalue weighted by molar-refractivity contribution is -0.483. The first kappa shape index (κ1) is 15.1. The van der Waals surface area contributed by atoms with E-state index in [1.165, 1.54) is 0 Å². The van der Waals surface area contributed by atoms with Gasteiger partial charge in [-0.25, -0.2) is 10.1 Å². The molecule has 2 aromatic carbocycles. The number of fused-ring (bicyclic) bond motifs is 1. The number of hydrogen-bond acceptors (Lipinski definition) is 3. The van der Waals surface area contributed by atoms with Gasteiger partial charge >= 0.3 is 5.91 Å². The average Bonchev–Trinajstić information content (AvgIpc) is 3.20. The zero-order valence-electron chi connectivity index (χ0n) is 13.3. The van der Waals surface area contributed by atoms with Gasteiger partial charge in [-0.15, -0.1) is 0 Å². The molecule has 0 saturated heterocycles. The van der Waals surface area contributed by atoms with Crippen LogP contribution in [0.2, 0.25) is 0 Å². The summed E-state index contributed by atoms with van der Waals surface area (Å²) in [6, 6.07) is 18.3. The largest absolute Gasteiger partial charge is 0.338 e. The number of nitro groups is 1. The van der Waals surface area contributed by atoms with Gasteiger partial charge in [0.1, 0.15) is 11.7 Å². The van der Waals surface area contributed by atoms with Crippen LogP contribution in [-0.4, -0.2) is 15.5 Å². The van der Waals surface area contributed by atoms with Crippen LogP contribution in [0.15, 0.2) is 73.1 Å². The van der Waals surface area contributed by atoms with Crippen LogP contribution in [0.1, 0.15) is 22.7 Å². The number of nitrogens with zero attached hydrogens (tertiary/aromatic N) is 3. The molecule has 124 valence electrons. The minimum absolute atomic E-state index is 0.338. The van der Waals surface area contributed by atoms with Crippen molar-refractivity contribution in [3.63, 3.8) is 0 Å². The maximum atomic E-state index is 12.6. The predicted octanol–water partition coefficient (Wildman–Crippen LogP) is 3.21. The SMILES string of the molecule is O=C1C(n2cccc2)c2cc(Cc3ccccc3)ccc2N1[N+](=O)[O-]. The lowest BCUT2D eigenvalue weighted by Crippen LogP contribution is -2.35. The van der Waals surface area contributed by atoms with Gasteiger partial charge in [0.25, 0.3) is 0 Å². The Morgan fingerprint density at radius 3 is 2.36 bits per heavy atom. The summed E-state index contributed by atoms with van der Waals surface area (Å²) in [4.78, 5) is 24.0. The number of carbonyl (C=O) groups is 1. The number of hydrogen-bond donors (Lipinski definition) is 0. The second-order valence-corrected chi connectivity index (χ2v) is 5.98. The highest BCUT2D eigenvalue weighted by molar-refractivity contribution is 6.03. The van der Waals surface area contributed by atoms with Crippen LogP contribution in [0.3, 0.4) is 0 Å². The Balaban J connectivity index is 1.78. The van der Waals surface area contributed by atoms with Gasteiger partial charge in [-0.1, -0.05) is 42.5 Å². The molecule has 2 heterocycles. The maximum Gasteiger partial charge on any atom is 0.316 e. The zero-order valence-corrected chi connectivity index (χ0v) is 13.3. The van der Waals surface area contributed by atoms with E-state index in [1.54, 1.807) is 35.2 Å². The predicted molar refractivity (Wildman–Crippen MR) is 92.7 cm³/mol. The van der Waals surface area contributed by atoms with Gasteiger partial charge in [0.2, 0.25) is 0 Å². The van der Waals surface area contributed by atoms with E-state index >= 15 is 0 Å². The highest BCUT2D eigenvalue weighted by atomic mass is 16.7. The molecule has 1 aliphatic rings. The van der Waals surface area contributed by atoms with E-state index in [1.807, 2.05) is 42.5 Å². The van der Waals surface area contributed by atoms with E-state index in [-0.39, 0.29) is 0 Å². The summed E-state index contributed by atoms with van der Waals surface area (Å²) in [5, 5.41) is 11.4. The highest BCUT2D eigenvalue weighted by Crippen LogP contribution is 2.39. The van der Waals surface area contributed by atoms with Crippen molar-refractivity contribution in [1.29, 1.82) is 0 Å². The third-order valence-corrected chi connectivity index (χ3v) is 4.40. The quantitative estimate of drug-likeness (QED) is 0.544. The topological polar surface area (TPSA) is 68.4 Å². The van der Waals surface area contributed by atoms with E-state index in [0.29, 0.717) is 22.7 Å². The Hall–Kier alpha value is -3.41. The van der Waals surface area contributed by atoms with Crippen molar-refractivity contribution in [2.45, 2.75) is 12.5 Å². The zero-order chi connectivity index (χ0) is 17.4. The first-order valence-corrected chi connectivity index (χ1v) is 7.92. The van der Waals surface area contributed by atoms with E-state index in [2.05, 4.69) is 0 Å². The van der Waals surface area contributed by atoms with Crippen LogP contribution in [0.25, 0.3) is 0 Å². The van der Waals surface area contributed by atoms with Crippen LogP contribution in [0, 0.1) is 10.1 Å². The molecule has 1 unspecified atom stereocenters. The molecule has 4 rings (SSSR count). The fraction of sp³-hybridized carbons (Fsp3) is 0.105. The van der Waals surface area contributed by atoms with Gasteiger partial charge in [-0.2, -0.15) is 0 Å². The highest BCUT2D eigenvalue weighted by Gasteiger charge is 2.45. The van der Waals surface area contributed by atoms with Crippen molar-refractivity contribution in [1.82, 2.24) is 4.57 Å². The van der Waals surface area contributed by atoms with Gasteiger partial charge in [0, 0.05) is 18.0 Å². The molecular weight excluding hydrogens is 318 g/mol. The number of amides is 1. The van der Waals surface area contributed by atoms with E-state index < -0.39 is 17.0 Å². The van der Waals surface area contributed by atoms with Gasteiger partial charge in [0.05, 0.1) is 0 Å². The Morgan fingerprint density at radius 2 is 1.68 bits per heavy atom. The Bertz CT molecular complexity index is 936. The number of benzene rings is 2. The summed E-state index contributed by atoms with van der Waals surface area (Å²) >= 11 is 0. The molecule has 0 aliphatic carbocycles. The minimum atomic E-state index is -0.703. The smallest absolute Gasteiger partial charge is 0.316 e. The number of carbonyl (C=O) groups excluding carboxylic acids is 1. The summed E-state index contributed by atoms with van der Waals surface area (Å²) in [5.41, 5.74) is 3.16. The molecule has 1 aromatic heterocycles. The summed E-state index contributed by atoms with van der Waals surface area (Å²) in [5.74, 6) is -0.548. The van der Waals surface area contributed by atoms with Gasteiger partial charge in [-0.3, -0.25) is 4.79 Å². The molecule has 0 N–H and O–H groups in total. The van der Waals surface area contributed by atoms with Crippen LogP contribution < -0.4 is 5.01 Å². The third-order valence-electron chi connectivity index (χ3n) is 4.40. The molecule has 1 aliphatic heterocycles. The first-order chi connectivity index (χ1) is 12.1. The summed E-state index contributed by atoms with van der Waals surface area (Å²) in [7, 11) is 0. The molecule has 6 nitrogen and oxygen atoms in total. The molecule has 0 bridgehead atoms. The molecule has 0 saturated carbocycles. The normalized spacial score (nSPS) is 16.1. The summed E-state index contributed by atoms with van der Waals surface area (Å²) in [6.07, 6.45) is 4.21. The molecule has 25 heavy (non-hydrogen) atoms. The fourth-order valence-corrected chi connectivity index (χ4v) is 3.30. The number of hydrazine groups is 1. The lowest BCUT2D eigenvalue weighted by Gasteiger charge is -2.11. The molecule has 0 spiro atoms. The summed E-state index contributed by atoms with van der Waals surface area (Å²) in [6.45, 7) is 0. The van der Waals surface area contributed by atoms with E-state index in [0.717, 1.165) is 11.1 Å². The number of anilines is 1. The van der Waals surface area contributed by atoms with Crippen LogP contribution in [0.5, 0.6) is 0 Å². The second-order valence-electron chi connectivity index (χ2n) is 5.98. The molecule has 0 radical (unpaired) electrons. The molecule has 1 amide bonds. The molecule has 1 atom stereocenters. The molecule has 0 fully saturated rings. The first-order valence-electron chi connectivity index (χ1n) is 7.92.